The van der Waals surface area contributed by atoms with Crippen LogP contribution in [0.1, 0.15) is 13.3 Å². The van der Waals surface area contributed by atoms with Crippen LogP contribution in [-0.4, -0.2) is 6.17 Å². The smallest absolute Gasteiger partial charge is 0.107 e. The summed E-state index contributed by atoms with van der Waals surface area (Å²) in [6.07, 6.45) is 8.07. The van der Waals surface area contributed by atoms with Gasteiger partial charge in [0.1, 0.15) is 6.17 Å². The van der Waals surface area contributed by atoms with E-state index < -0.39 is 6.17 Å². The van der Waals surface area contributed by atoms with Gasteiger partial charge in [0.2, 0.25) is 0 Å². The Morgan fingerprint density at radius 2 is 2.00 bits per heavy atom. The first-order valence-corrected chi connectivity index (χ1v) is 3.28. The van der Waals surface area contributed by atoms with Crippen LogP contribution in [0, 0.1) is 5.92 Å². The molecule has 1 heteroatoms. The lowest BCUT2D eigenvalue weighted by Gasteiger charge is -2.10. The van der Waals surface area contributed by atoms with Crippen molar-refractivity contribution in [1.29, 1.82) is 0 Å². The van der Waals surface area contributed by atoms with Gasteiger partial charge in [-0.2, -0.15) is 0 Å². The minimum Gasteiger partial charge on any atom is -0.247 e. The van der Waals surface area contributed by atoms with Crippen molar-refractivity contribution in [3.63, 3.8) is 0 Å². The monoisotopic (exact) mass is 126 g/mol. The Morgan fingerprint density at radius 1 is 1.44 bits per heavy atom. The van der Waals surface area contributed by atoms with Crippen molar-refractivity contribution in [2.75, 3.05) is 0 Å². The molecule has 0 heterocycles. The van der Waals surface area contributed by atoms with Crippen molar-refractivity contribution in [2.45, 2.75) is 19.5 Å². The van der Waals surface area contributed by atoms with Gasteiger partial charge in [0, 0.05) is 5.92 Å². The van der Waals surface area contributed by atoms with Gasteiger partial charge in [-0.3, -0.25) is 0 Å². The summed E-state index contributed by atoms with van der Waals surface area (Å²) < 4.78 is 12.5. The van der Waals surface area contributed by atoms with Gasteiger partial charge in [0.15, 0.2) is 0 Å². The molecule has 0 spiro atoms. The molecule has 0 aromatic heterocycles. The van der Waals surface area contributed by atoms with Crippen molar-refractivity contribution >= 4 is 0 Å². The normalized spacial score (nSPS) is 22.4. The molecule has 0 bridgehead atoms. The number of halogens is 1. The summed E-state index contributed by atoms with van der Waals surface area (Å²) in [5, 5.41) is 0. The van der Waals surface area contributed by atoms with Crippen LogP contribution < -0.4 is 0 Å². The molecule has 50 valence electrons. The summed E-state index contributed by atoms with van der Waals surface area (Å²) in [4.78, 5) is 0. The molecule has 0 nitrogen and oxygen atoms in total. The van der Waals surface area contributed by atoms with Crippen LogP contribution >= 0.6 is 0 Å². The summed E-state index contributed by atoms with van der Waals surface area (Å²) in [6.45, 7) is 1.59. The lowest BCUT2D eigenvalue weighted by atomic mass is 10.00. The summed E-state index contributed by atoms with van der Waals surface area (Å²) in [5.74, 6) is 0.0266. The largest absolute Gasteiger partial charge is 0.247 e. The van der Waals surface area contributed by atoms with Crippen LogP contribution in [0.15, 0.2) is 24.3 Å². The average Bonchev–Trinajstić information content (AvgIpc) is 1.90. The van der Waals surface area contributed by atoms with E-state index in [1.54, 1.807) is 6.92 Å². The lowest BCUT2D eigenvalue weighted by molar-refractivity contribution is 0.318. The van der Waals surface area contributed by atoms with Gasteiger partial charge in [-0.25, -0.2) is 4.39 Å². The van der Waals surface area contributed by atoms with E-state index in [9.17, 15) is 4.39 Å². The van der Waals surface area contributed by atoms with Gasteiger partial charge in [-0.05, 0) is 13.3 Å². The maximum atomic E-state index is 12.5. The zero-order valence-corrected chi connectivity index (χ0v) is 5.55. The maximum Gasteiger partial charge on any atom is 0.107 e. The minimum atomic E-state index is -0.738. The van der Waals surface area contributed by atoms with E-state index in [1.165, 1.54) is 0 Å². The van der Waals surface area contributed by atoms with Gasteiger partial charge in [0.05, 0.1) is 0 Å². The summed E-state index contributed by atoms with van der Waals surface area (Å²) in [6, 6.07) is 0. The van der Waals surface area contributed by atoms with E-state index in [0.717, 1.165) is 6.42 Å². The van der Waals surface area contributed by atoms with E-state index in [0.29, 0.717) is 0 Å². The van der Waals surface area contributed by atoms with E-state index in [4.69, 9.17) is 0 Å². The zero-order valence-electron chi connectivity index (χ0n) is 5.55. The van der Waals surface area contributed by atoms with E-state index in [2.05, 4.69) is 0 Å². The van der Waals surface area contributed by atoms with Crippen molar-refractivity contribution in [1.82, 2.24) is 0 Å². The molecule has 1 aliphatic rings. The third-order valence-corrected chi connectivity index (χ3v) is 1.52. The van der Waals surface area contributed by atoms with E-state index in [1.807, 2.05) is 24.3 Å². The van der Waals surface area contributed by atoms with E-state index >= 15 is 0 Å². The molecular formula is C8H11F. The van der Waals surface area contributed by atoms with E-state index in [-0.39, 0.29) is 5.92 Å². The highest BCUT2D eigenvalue weighted by Gasteiger charge is 2.09. The van der Waals surface area contributed by atoms with Gasteiger partial charge in [-0.15, -0.1) is 0 Å². The SMILES string of the molecule is CC(F)C1C=CCC=C1. The molecule has 0 N–H and O–H groups in total. The molecule has 0 fully saturated rings. The molecule has 9 heavy (non-hydrogen) atoms. The van der Waals surface area contributed by atoms with Crippen LogP contribution in [0.5, 0.6) is 0 Å². The number of rotatable bonds is 1. The van der Waals surface area contributed by atoms with Crippen LogP contribution in [-0.2, 0) is 0 Å². The molecule has 0 saturated carbocycles. The molecule has 0 aliphatic heterocycles. The molecule has 0 saturated heterocycles. The Bertz CT molecular complexity index is 122. The first-order valence-electron chi connectivity index (χ1n) is 3.28. The number of hydrogen-bond donors (Lipinski definition) is 0. The Labute approximate surface area is 55.1 Å². The van der Waals surface area contributed by atoms with Crippen LogP contribution in [0.4, 0.5) is 4.39 Å². The summed E-state index contributed by atoms with van der Waals surface area (Å²) in [5.41, 5.74) is 0. The second kappa shape index (κ2) is 2.81. The minimum absolute atomic E-state index is 0.0266. The lowest BCUT2D eigenvalue weighted by Crippen LogP contribution is -2.07. The van der Waals surface area contributed by atoms with Crippen molar-refractivity contribution in [3.8, 4) is 0 Å². The average molecular weight is 126 g/mol. The van der Waals surface area contributed by atoms with Crippen molar-refractivity contribution < 1.29 is 4.39 Å². The van der Waals surface area contributed by atoms with Crippen LogP contribution in [0.2, 0.25) is 0 Å². The highest BCUT2D eigenvalue weighted by Crippen LogP contribution is 2.15. The van der Waals surface area contributed by atoms with Crippen LogP contribution in [0.25, 0.3) is 0 Å². The fourth-order valence-electron chi connectivity index (χ4n) is 0.920. The number of hydrogen-bond acceptors (Lipinski definition) is 0. The van der Waals surface area contributed by atoms with Gasteiger partial charge >= 0.3 is 0 Å². The predicted molar refractivity (Wildman–Crippen MR) is 37.0 cm³/mol. The Hall–Kier alpha value is -0.590. The van der Waals surface area contributed by atoms with Gasteiger partial charge in [0.25, 0.3) is 0 Å². The molecular weight excluding hydrogens is 115 g/mol. The third-order valence-electron chi connectivity index (χ3n) is 1.52. The molecule has 1 unspecified atom stereocenters. The van der Waals surface area contributed by atoms with Gasteiger partial charge in [-0.1, -0.05) is 24.3 Å². The fraction of sp³-hybridized carbons (Fsp3) is 0.500. The maximum absolute atomic E-state index is 12.5. The van der Waals surface area contributed by atoms with Crippen molar-refractivity contribution in [3.05, 3.63) is 24.3 Å². The topological polar surface area (TPSA) is 0 Å². The zero-order chi connectivity index (χ0) is 6.69. The summed E-state index contributed by atoms with van der Waals surface area (Å²) >= 11 is 0. The first kappa shape index (κ1) is 6.53. The number of alkyl halides is 1. The standard InChI is InChI=1S/C8H11F/c1-7(9)8-5-3-2-4-6-8/h3-8H,2H2,1H3. The molecule has 1 rings (SSSR count). The molecule has 1 aliphatic carbocycles. The predicted octanol–water partition coefficient (Wildman–Crippen LogP) is 2.48. The number of allylic oxidation sites excluding steroid dienone is 4. The van der Waals surface area contributed by atoms with Crippen molar-refractivity contribution in [2.24, 2.45) is 5.92 Å². The van der Waals surface area contributed by atoms with Crippen LogP contribution in [0.3, 0.4) is 0 Å². The third kappa shape index (κ3) is 1.67. The summed E-state index contributed by atoms with van der Waals surface area (Å²) in [7, 11) is 0. The highest BCUT2D eigenvalue weighted by molar-refractivity contribution is 5.10. The molecule has 0 aromatic carbocycles. The Balaban J connectivity index is 2.49. The molecule has 0 radical (unpaired) electrons. The Kier molecular flexibility index (Phi) is 2.04. The van der Waals surface area contributed by atoms with Gasteiger partial charge < -0.3 is 0 Å². The Morgan fingerprint density at radius 3 is 2.33 bits per heavy atom. The molecule has 0 amide bonds. The molecule has 1 atom stereocenters. The first-order chi connectivity index (χ1) is 4.30. The second-order valence-electron chi connectivity index (χ2n) is 2.35. The molecule has 0 aromatic rings. The second-order valence-corrected chi connectivity index (χ2v) is 2.35. The fourth-order valence-corrected chi connectivity index (χ4v) is 0.920. The quantitative estimate of drug-likeness (QED) is 0.473. The highest BCUT2D eigenvalue weighted by atomic mass is 19.1.